The van der Waals surface area contributed by atoms with Crippen molar-refractivity contribution in [3.8, 4) is 0 Å². The minimum Gasteiger partial charge on any atom is -0.372 e. The van der Waals surface area contributed by atoms with Gasteiger partial charge in [-0.1, -0.05) is 0 Å². The van der Waals surface area contributed by atoms with Crippen LogP contribution in [0.5, 0.6) is 0 Å². The summed E-state index contributed by atoms with van der Waals surface area (Å²) in [4.78, 5) is 0. The van der Waals surface area contributed by atoms with E-state index in [2.05, 4.69) is 10.1 Å². The zero-order valence-electron chi connectivity index (χ0n) is 10.6. The molecule has 0 saturated heterocycles. The quantitative estimate of drug-likeness (QED) is 0.681. The van der Waals surface area contributed by atoms with E-state index in [1.807, 2.05) is 0 Å². The Balaban J connectivity index is 1.46. The lowest BCUT2D eigenvalue weighted by Crippen LogP contribution is -2.36. The summed E-state index contributed by atoms with van der Waals surface area (Å²) < 4.78 is 40.1. The number of halogens is 3. The molecule has 0 radical (unpaired) electrons. The molecule has 2 saturated carbocycles. The highest BCUT2D eigenvalue weighted by atomic mass is 19.4. The first kappa shape index (κ1) is 14.1. The van der Waals surface area contributed by atoms with Crippen molar-refractivity contribution in [2.75, 3.05) is 19.8 Å². The topological polar surface area (TPSA) is 21.3 Å². The molecule has 0 heterocycles. The van der Waals surface area contributed by atoms with Gasteiger partial charge in [0.15, 0.2) is 0 Å². The molecular weight excluding hydrogens is 243 g/mol. The lowest BCUT2D eigenvalue weighted by Gasteiger charge is -2.37. The average Bonchev–Trinajstić information content (AvgIpc) is 3.04. The van der Waals surface area contributed by atoms with E-state index in [0.717, 1.165) is 31.3 Å². The molecule has 1 N–H and O–H groups in total. The van der Waals surface area contributed by atoms with Gasteiger partial charge in [0.25, 0.3) is 0 Å². The van der Waals surface area contributed by atoms with Gasteiger partial charge < -0.3 is 10.1 Å². The summed E-state index contributed by atoms with van der Waals surface area (Å²) in [6, 6.07) is 0.751. The van der Waals surface area contributed by atoms with Gasteiger partial charge in [-0.25, -0.2) is 0 Å². The predicted octanol–water partition coefficient (Wildman–Crippen LogP) is 3.12. The third-order valence-corrected chi connectivity index (χ3v) is 3.95. The third kappa shape index (κ3) is 5.14. The van der Waals surface area contributed by atoms with Gasteiger partial charge in [-0.05, 0) is 56.9 Å². The first-order valence-electron chi connectivity index (χ1n) is 6.92. The van der Waals surface area contributed by atoms with E-state index < -0.39 is 12.8 Å². The molecule has 2 aliphatic carbocycles. The fourth-order valence-corrected chi connectivity index (χ4v) is 2.53. The highest BCUT2D eigenvalue weighted by Crippen LogP contribution is 2.37. The van der Waals surface area contributed by atoms with Gasteiger partial charge in [-0.3, -0.25) is 0 Å². The number of nitrogens with one attached hydrogen (secondary N) is 1. The van der Waals surface area contributed by atoms with Gasteiger partial charge in [0, 0.05) is 12.6 Å². The lowest BCUT2D eigenvalue weighted by atomic mass is 9.71. The fraction of sp³-hybridized carbons (Fsp3) is 1.00. The lowest BCUT2D eigenvalue weighted by molar-refractivity contribution is -0.174. The summed E-state index contributed by atoms with van der Waals surface area (Å²) in [6.45, 7) is 0.224. The van der Waals surface area contributed by atoms with Gasteiger partial charge >= 0.3 is 6.18 Å². The summed E-state index contributed by atoms with van der Waals surface area (Å²) in [5.41, 5.74) is 0. The molecule has 2 unspecified atom stereocenters. The Morgan fingerprint density at radius 2 is 1.78 bits per heavy atom. The minimum absolute atomic E-state index is 0.235. The molecule has 18 heavy (non-hydrogen) atoms. The number of ether oxygens (including phenoxy) is 1. The van der Waals surface area contributed by atoms with Crippen LogP contribution < -0.4 is 5.32 Å². The summed E-state index contributed by atoms with van der Waals surface area (Å²) in [5, 5.41) is 3.53. The molecule has 2 nitrogen and oxygen atoms in total. The van der Waals surface area contributed by atoms with Gasteiger partial charge in [-0.15, -0.1) is 0 Å². The minimum atomic E-state index is -4.19. The first-order valence-corrected chi connectivity index (χ1v) is 6.92. The molecule has 2 aliphatic rings. The van der Waals surface area contributed by atoms with Crippen LogP contribution in [-0.4, -0.2) is 32.0 Å². The normalized spacial score (nSPS) is 28.2. The predicted molar refractivity (Wildman–Crippen MR) is 63.3 cm³/mol. The van der Waals surface area contributed by atoms with E-state index in [9.17, 15) is 13.2 Å². The molecule has 106 valence electrons. The highest BCUT2D eigenvalue weighted by Gasteiger charge is 2.32. The van der Waals surface area contributed by atoms with E-state index in [1.54, 1.807) is 0 Å². The van der Waals surface area contributed by atoms with E-state index in [-0.39, 0.29) is 6.61 Å². The molecule has 5 heteroatoms. The maximum Gasteiger partial charge on any atom is 0.411 e. The van der Waals surface area contributed by atoms with Crippen LogP contribution in [-0.2, 0) is 4.74 Å². The van der Waals surface area contributed by atoms with Crippen LogP contribution in [0.1, 0.15) is 38.5 Å². The van der Waals surface area contributed by atoms with E-state index in [4.69, 9.17) is 0 Å². The van der Waals surface area contributed by atoms with E-state index in [1.165, 1.54) is 25.7 Å². The van der Waals surface area contributed by atoms with Crippen molar-refractivity contribution in [3.63, 3.8) is 0 Å². The van der Waals surface area contributed by atoms with Crippen molar-refractivity contribution in [2.24, 2.45) is 11.8 Å². The smallest absolute Gasteiger partial charge is 0.372 e. The van der Waals surface area contributed by atoms with Crippen molar-refractivity contribution in [1.29, 1.82) is 0 Å². The molecule has 2 atom stereocenters. The molecule has 0 aromatic heterocycles. The van der Waals surface area contributed by atoms with E-state index >= 15 is 0 Å². The second-order valence-electron chi connectivity index (χ2n) is 5.59. The van der Waals surface area contributed by atoms with Gasteiger partial charge in [0.2, 0.25) is 0 Å². The summed E-state index contributed by atoms with van der Waals surface area (Å²) in [5.74, 6) is 1.44. The number of rotatable bonds is 8. The monoisotopic (exact) mass is 265 g/mol. The Labute approximate surface area is 106 Å². The Bertz CT molecular complexity index is 253. The van der Waals surface area contributed by atoms with Crippen molar-refractivity contribution in [3.05, 3.63) is 0 Å². The molecule has 0 amide bonds. The summed E-state index contributed by atoms with van der Waals surface area (Å²) >= 11 is 0. The Kier molecular flexibility index (Phi) is 4.90. The van der Waals surface area contributed by atoms with Crippen molar-refractivity contribution in [1.82, 2.24) is 5.32 Å². The zero-order valence-corrected chi connectivity index (χ0v) is 10.6. The highest BCUT2D eigenvalue weighted by molar-refractivity contribution is 4.87. The number of alkyl halides is 3. The van der Waals surface area contributed by atoms with Crippen LogP contribution >= 0.6 is 0 Å². The second kappa shape index (κ2) is 6.24. The maximum absolute atomic E-state index is 11.8. The fourth-order valence-electron chi connectivity index (χ4n) is 2.53. The maximum atomic E-state index is 11.8. The van der Waals surface area contributed by atoms with Crippen LogP contribution in [0, 0.1) is 11.8 Å². The van der Waals surface area contributed by atoms with Crippen LogP contribution in [0.2, 0.25) is 0 Å². The molecule has 0 bridgehead atoms. The zero-order chi connectivity index (χ0) is 13.0. The average molecular weight is 265 g/mol. The molecule has 2 fully saturated rings. The first-order chi connectivity index (χ1) is 8.54. The SMILES string of the molecule is FC(F)(F)COCCCC1CCC1CNC1CC1. The Morgan fingerprint density at radius 3 is 2.33 bits per heavy atom. The third-order valence-electron chi connectivity index (χ3n) is 3.95. The summed E-state index contributed by atoms with van der Waals surface area (Å²) in [6.07, 6.45) is 2.69. The summed E-state index contributed by atoms with van der Waals surface area (Å²) in [7, 11) is 0. The van der Waals surface area contributed by atoms with Crippen molar-refractivity contribution >= 4 is 0 Å². The molecule has 0 aliphatic heterocycles. The molecular formula is C13H22F3NO. The molecule has 0 aromatic carbocycles. The van der Waals surface area contributed by atoms with Gasteiger partial charge in [-0.2, -0.15) is 13.2 Å². The standard InChI is InChI=1S/C13H22F3NO/c14-13(15,16)9-18-7-1-2-10-3-4-11(10)8-17-12-5-6-12/h10-12,17H,1-9H2. The Hall–Kier alpha value is -0.290. The van der Waals surface area contributed by atoms with Crippen LogP contribution in [0.4, 0.5) is 13.2 Å². The second-order valence-corrected chi connectivity index (χ2v) is 5.59. The number of hydrogen-bond acceptors (Lipinski definition) is 2. The van der Waals surface area contributed by atoms with Crippen molar-refractivity contribution in [2.45, 2.75) is 50.7 Å². The Morgan fingerprint density at radius 1 is 1.06 bits per heavy atom. The molecule has 0 aromatic rings. The van der Waals surface area contributed by atoms with Gasteiger partial charge in [0.05, 0.1) is 0 Å². The van der Waals surface area contributed by atoms with Gasteiger partial charge in [0.1, 0.15) is 6.61 Å². The molecule has 0 spiro atoms. The van der Waals surface area contributed by atoms with Crippen LogP contribution in [0.15, 0.2) is 0 Å². The number of hydrogen-bond donors (Lipinski definition) is 1. The van der Waals surface area contributed by atoms with Crippen LogP contribution in [0.25, 0.3) is 0 Å². The largest absolute Gasteiger partial charge is 0.411 e. The van der Waals surface area contributed by atoms with Crippen LogP contribution in [0.3, 0.4) is 0 Å². The van der Waals surface area contributed by atoms with Crippen molar-refractivity contribution < 1.29 is 17.9 Å². The molecule has 2 rings (SSSR count). The van der Waals surface area contributed by atoms with E-state index in [0.29, 0.717) is 5.92 Å².